The van der Waals surface area contributed by atoms with Gasteiger partial charge in [0.2, 0.25) is 0 Å². The van der Waals surface area contributed by atoms with Crippen molar-refractivity contribution in [2.24, 2.45) is 2.87 Å². The van der Waals surface area contributed by atoms with Gasteiger partial charge in [0.05, 0.1) is 0 Å². The molecule has 0 aliphatic heterocycles. The zero-order chi connectivity index (χ0) is 11.1. The summed E-state index contributed by atoms with van der Waals surface area (Å²) in [6, 6.07) is 7.24. The van der Waals surface area contributed by atoms with Crippen LogP contribution in [0.1, 0.15) is 30.1 Å². The molecular formula is C11H13NO2Zr. The Kier molecular flexibility index (Phi) is 5.63. The molecule has 0 unspecified atom stereocenters. The standard InChI is InChI=1S/C11H13NO2.Zr/c1-2-3-8-14-10-7-5-4-6-9(10)11(12)13;/h4-7H,2-3,8H2,1H3;. The molecule has 0 spiro atoms. The molecule has 0 heterocycles. The topological polar surface area (TPSA) is 38.7 Å². The number of hydrogen-bond donors (Lipinski definition) is 0. The van der Waals surface area contributed by atoms with Crippen LogP contribution in [0.15, 0.2) is 27.1 Å². The Morgan fingerprint density at radius 3 is 2.87 bits per heavy atom. The number of carbonyl (C=O) groups excluding carboxylic acids is 1. The minimum atomic E-state index is -0.194. The number of carbonyl (C=O) groups is 1. The van der Waals surface area contributed by atoms with E-state index in [4.69, 9.17) is 4.74 Å². The Morgan fingerprint density at radius 2 is 2.20 bits per heavy atom. The average molecular weight is 282 g/mol. The average Bonchev–Trinajstić information content (AvgIpc) is 2.29. The normalized spacial score (nSPS) is 9.60. The summed E-state index contributed by atoms with van der Waals surface area (Å²) in [4.78, 5) is 11.4. The summed E-state index contributed by atoms with van der Waals surface area (Å²) >= 11 is 0.869. The van der Waals surface area contributed by atoms with Crippen molar-refractivity contribution in [3.63, 3.8) is 0 Å². The van der Waals surface area contributed by atoms with E-state index in [1.165, 1.54) is 0 Å². The second kappa shape index (κ2) is 6.78. The quantitative estimate of drug-likeness (QED) is 0.779. The SMILES string of the molecule is CCCCOc1ccccc1C(=O)[N]=[Zr]. The summed E-state index contributed by atoms with van der Waals surface area (Å²) in [5.74, 6) is 0.447. The molecule has 1 aromatic rings. The minimum absolute atomic E-state index is 0.194. The van der Waals surface area contributed by atoms with Crippen molar-refractivity contribution in [1.82, 2.24) is 0 Å². The number of rotatable bonds is 5. The van der Waals surface area contributed by atoms with E-state index in [1.54, 1.807) is 6.07 Å². The Morgan fingerprint density at radius 1 is 1.47 bits per heavy atom. The van der Waals surface area contributed by atoms with Gasteiger partial charge in [-0.1, -0.05) is 0 Å². The second-order valence-electron chi connectivity index (χ2n) is 3.12. The van der Waals surface area contributed by atoms with Crippen molar-refractivity contribution >= 4 is 5.91 Å². The summed E-state index contributed by atoms with van der Waals surface area (Å²) in [7, 11) is 0. The molecule has 4 heteroatoms. The van der Waals surface area contributed by atoms with Crippen LogP contribution in [0.25, 0.3) is 0 Å². The van der Waals surface area contributed by atoms with Gasteiger partial charge in [-0.2, -0.15) is 0 Å². The van der Waals surface area contributed by atoms with Gasteiger partial charge in [0.15, 0.2) is 0 Å². The van der Waals surface area contributed by atoms with Gasteiger partial charge in [-0.3, -0.25) is 0 Å². The fourth-order valence-electron chi connectivity index (χ4n) is 1.16. The molecule has 3 nitrogen and oxygen atoms in total. The molecule has 0 aliphatic rings. The van der Waals surface area contributed by atoms with Crippen molar-refractivity contribution in [1.29, 1.82) is 0 Å². The van der Waals surface area contributed by atoms with Crippen molar-refractivity contribution < 1.29 is 34.1 Å². The zero-order valence-corrected chi connectivity index (χ0v) is 11.2. The third kappa shape index (κ3) is 3.79. The number of hydrogen-bond acceptors (Lipinski definition) is 2. The summed E-state index contributed by atoms with van der Waals surface area (Å²) in [5.41, 5.74) is 0.561. The van der Waals surface area contributed by atoms with Crippen LogP contribution in [-0.4, -0.2) is 12.5 Å². The van der Waals surface area contributed by atoms with Crippen LogP contribution in [0.5, 0.6) is 5.75 Å². The number of unbranched alkanes of at least 4 members (excludes halogenated alkanes) is 1. The first-order chi connectivity index (χ1) is 7.29. The Bertz CT molecular complexity index is 352. The molecule has 0 saturated heterocycles. The summed E-state index contributed by atoms with van der Waals surface area (Å²) in [6.45, 7) is 2.75. The molecule has 1 amide bonds. The van der Waals surface area contributed by atoms with Gasteiger partial charge in [0.25, 0.3) is 0 Å². The predicted molar refractivity (Wildman–Crippen MR) is 53.6 cm³/mol. The molecule has 0 radical (unpaired) electrons. The molecule has 0 aromatic heterocycles. The number of benzene rings is 1. The van der Waals surface area contributed by atoms with Gasteiger partial charge in [-0.15, -0.1) is 0 Å². The van der Waals surface area contributed by atoms with E-state index < -0.39 is 0 Å². The fourth-order valence-corrected chi connectivity index (χ4v) is 1.45. The van der Waals surface area contributed by atoms with Crippen molar-refractivity contribution in [3.8, 4) is 5.75 Å². The van der Waals surface area contributed by atoms with Crippen molar-refractivity contribution in [2.45, 2.75) is 19.8 Å². The summed E-state index contributed by atoms with van der Waals surface area (Å²) < 4.78 is 9.25. The number of ether oxygens (including phenoxy) is 1. The maximum absolute atomic E-state index is 11.4. The number of amides is 1. The number of para-hydroxylation sites is 1. The van der Waals surface area contributed by atoms with Crippen molar-refractivity contribution in [2.75, 3.05) is 6.61 Å². The summed E-state index contributed by atoms with van der Waals surface area (Å²) in [6.07, 6.45) is 2.08. The van der Waals surface area contributed by atoms with E-state index in [9.17, 15) is 4.79 Å². The van der Waals surface area contributed by atoms with E-state index in [0.29, 0.717) is 17.9 Å². The molecule has 78 valence electrons. The molecule has 0 aliphatic carbocycles. The Hall–Kier alpha value is -0.627. The third-order valence-electron chi connectivity index (χ3n) is 1.97. The van der Waals surface area contributed by atoms with E-state index in [0.717, 1.165) is 37.4 Å². The molecule has 15 heavy (non-hydrogen) atoms. The molecule has 0 bridgehead atoms. The first-order valence-corrected chi connectivity index (χ1v) is 6.03. The van der Waals surface area contributed by atoms with E-state index in [1.807, 2.05) is 18.2 Å². The third-order valence-corrected chi connectivity index (χ3v) is 2.47. The van der Waals surface area contributed by atoms with E-state index in [-0.39, 0.29) is 5.91 Å². The van der Waals surface area contributed by atoms with Crippen LogP contribution in [0.2, 0.25) is 0 Å². The van der Waals surface area contributed by atoms with Gasteiger partial charge < -0.3 is 0 Å². The van der Waals surface area contributed by atoms with E-state index in [2.05, 4.69) is 9.80 Å². The molecular weight excluding hydrogens is 269 g/mol. The second-order valence-corrected chi connectivity index (χ2v) is 3.66. The first-order valence-electron chi connectivity index (χ1n) is 4.93. The first kappa shape index (κ1) is 12.4. The van der Waals surface area contributed by atoms with Gasteiger partial charge in [0.1, 0.15) is 0 Å². The van der Waals surface area contributed by atoms with Crippen LogP contribution < -0.4 is 4.74 Å². The molecule has 0 fully saturated rings. The Balaban J connectivity index is 2.77. The monoisotopic (exact) mass is 281 g/mol. The maximum atomic E-state index is 11.4. The van der Waals surface area contributed by atoms with Crippen molar-refractivity contribution in [3.05, 3.63) is 29.8 Å². The molecule has 1 aromatic carbocycles. The summed E-state index contributed by atoms with van der Waals surface area (Å²) in [5, 5.41) is 0. The molecule has 0 saturated carbocycles. The van der Waals surface area contributed by atoms with Crippen LogP contribution in [-0.2, 0) is 24.6 Å². The molecule has 1 rings (SSSR count). The fraction of sp³-hybridized carbons (Fsp3) is 0.364. The Labute approximate surface area is 105 Å². The molecule has 0 N–H and O–H groups in total. The molecule has 0 atom stereocenters. The van der Waals surface area contributed by atoms with E-state index >= 15 is 0 Å². The van der Waals surface area contributed by atoms with Crippen LogP contribution in [0.4, 0.5) is 0 Å². The van der Waals surface area contributed by atoms with Gasteiger partial charge in [0, 0.05) is 0 Å². The van der Waals surface area contributed by atoms with Crippen LogP contribution >= 0.6 is 0 Å². The predicted octanol–water partition coefficient (Wildman–Crippen LogP) is 2.74. The van der Waals surface area contributed by atoms with Gasteiger partial charge >= 0.3 is 105 Å². The van der Waals surface area contributed by atoms with Crippen LogP contribution in [0.3, 0.4) is 0 Å². The van der Waals surface area contributed by atoms with Gasteiger partial charge in [-0.05, 0) is 0 Å². The zero-order valence-electron chi connectivity index (χ0n) is 8.69. The number of nitrogens with zero attached hydrogens (tertiary/aromatic N) is 1. The van der Waals surface area contributed by atoms with Crippen LogP contribution in [0, 0.1) is 0 Å². The van der Waals surface area contributed by atoms with Gasteiger partial charge in [-0.25, -0.2) is 0 Å².